The minimum atomic E-state index is -1.42. The molecule has 1 atom stereocenters. The summed E-state index contributed by atoms with van der Waals surface area (Å²) in [5.41, 5.74) is 14.4. The van der Waals surface area contributed by atoms with Crippen molar-refractivity contribution in [3.8, 4) is 5.75 Å². The number of nitrogens with two attached hydrogens (primary N) is 2. The van der Waals surface area contributed by atoms with E-state index >= 15 is 0 Å². The molecule has 0 amide bonds. The van der Waals surface area contributed by atoms with Gasteiger partial charge in [-0.05, 0) is 48.4 Å². The van der Waals surface area contributed by atoms with Crippen molar-refractivity contribution < 1.29 is 13.5 Å². The Labute approximate surface area is 190 Å². The van der Waals surface area contributed by atoms with Crippen LogP contribution in [0.3, 0.4) is 0 Å². The molecule has 2 aromatic carbocycles. The van der Waals surface area contributed by atoms with Gasteiger partial charge < -0.3 is 21.5 Å². The molecule has 0 aliphatic carbocycles. The fourth-order valence-electron chi connectivity index (χ4n) is 3.37. The molecule has 0 fully saturated rings. The zero-order valence-electron chi connectivity index (χ0n) is 18.2. The number of alkyl halides is 2. The van der Waals surface area contributed by atoms with Crippen molar-refractivity contribution in [3.05, 3.63) is 88.2 Å². The molecule has 33 heavy (non-hydrogen) atoms. The van der Waals surface area contributed by atoms with Gasteiger partial charge in [-0.1, -0.05) is 18.2 Å². The zero-order valence-corrected chi connectivity index (χ0v) is 18.2. The number of aromatic nitrogens is 1. The summed E-state index contributed by atoms with van der Waals surface area (Å²) in [6, 6.07) is 13.8. The highest BCUT2D eigenvalue weighted by Crippen LogP contribution is 2.35. The molecule has 7 nitrogen and oxygen atoms in total. The molecular formula is C24H26F2N6O. The van der Waals surface area contributed by atoms with Crippen molar-refractivity contribution in [3.63, 3.8) is 0 Å². The van der Waals surface area contributed by atoms with Crippen molar-refractivity contribution in [1.82, 2.24) is 4.98 Å². The molecule has 0 saturated heterocycles. The van der Waals surface area contributed by atoms with Crippen molar-refractivity contribution in [2.75, 3.05) is 5.32 Å². The van der Waals surface area contributed by atoms with Crippen molar-refractivity contribution >= 4 is 17.4 Å². The Bertz CT molecular complexity index is 1150. The number of rotatable bonds is 10. The maximum atomic E-state index is 14.7. The normalized spacial score (nSPS) is 11.6. The third-order valence-electron chi connectivity index (χ3n) is 5.05. The molecule has 7 N–H and O–H groups in total. The van der Waals surface area contributed by atoms with Crippen LogP contribution in [-0.4, -0.2) is 16.7 Å². The van der Waals surface area contributed by atoms with Gasteiger partial charge >= 0.3 is 0 Å². The van der Waals surface area contributed by atoms with E-state index in [0.717, 1.165) is 5.69 Å². The second-order valence-electron chi connectivity index (χ2n) is 7.47. The first-order valence-corrected chi connectivity index (χ1v) is 10.2. The van der Waals surface area contributed by atoms with Crippen LogP contribution in [0.4, 0.5) is 14.5 Å². The first-order chi connectivity index (χ1) is 15.8. The van der Waals surface area contributed by atoms with Crippen LogP contribution in [0.25, 0.3) is 0 Å². The highest BCUT2D eigenvalue weighted by Gasteiger charge is 2.21. The van der Waals surface area contributed by atoms with Gasteiger partial charge in [0.05, 0.1) is 0 Å². The summed E-state index contributed by atoms with van der Waals surface area (Å²) in [4.78, 5) is 4.14. The highest BCUT2D eigenvalue weighted by atomic mass is 19.1. The summed E-state index contributed by atoms with van der Waals surface area (Å²) in [5.74, 6) is -0.0332. The SMILES string of the molecule is CC(F)c1c(CNc2ccc(C(=N)N)cc2)cnc(CF)c1OCc1cccc(C(=N)N)c1. The number of hydrogen-bond acceptors (Lipinski definition) is 5. The third kappa shape index (κ3) is 5.82. The van der Waals surface area contributed by atoms with E-state index in [0.29, 0.717) is 22.3 Å². The van der Waals surface area contributed by atoms with Gasteiger partial charge in [-0.2, -0.15) is 0 Å². The lowest BCUT2D eigenvalue weighted by Crippen LogP contribution is -2.12. The molecule has 0 radical (unpaired) electrons. The van der Waals surface area contributed by atoms with E-state index in [9.17, 15) is 8.78 Å². The number of nitrogens with zero attached hydrogens (tertiary/aromatic N) is 1. The van der Waals surface area contributed by atoms with Crippen LogP contribution in [0.1, 0.15) is 46.6 Å². The molecule has 1 aromatic heterocycles. The molecule has 1 heterocycles. The number of pyridine rings is 1. The van der Waals surface area contributed by atoms with E-state index in [4.69, 9.17) is 27.0 Å². The molecule has 3 aromatic rings. The van der Waals surface area contributed by atoms with Gasteiger partial charge in [-0.15, -0.1) is 0 Å². The molecule has 0 saturated carbocycles. The van der Waals surface area contributed by atoms with Crippen molar-refractivity contribution in [2.24, 2.45) is 11.5 Å². The Balaban J connectivity index is 1.85. The van der Waals surface area contributed by atoms with Crippen molar-refractivity contribution in [1.29, 1.82) is 10.8 Å². The van der Waals surface area contributed by atoms with E-state index in [2.05, 4.69) is 10.3 Å². The average molecular weight is 453 g/mol. The molecule has 0 bridgehead atoms. The predicted octanol–water partition coefficient (Wildman–Crippen LogP) is 4.34. The van der Waals surface area contributed by atoms with Crippen LogP contribution in [0.15, 0.2) is 54.7 Å². The number of anilines is 1. The van der Waals surface area contributed by atoms with Crippen LogP contribution in [0, 0.1) is 10.8 Å². The number of ether oxygens (including phenoxy) is 1. The monoisotopic (exact) mass is 452 g/mol. The average Bonchev–Trinajstić information content (AvgIpc) is 2.81. The minimum Gasteiger partial charge on any atom is -0.486 e. The Morgan fingerprint density at radius 2 is 1.79 bits per heavy atom. The Kier molecular flexibility index (Phi) is 7.55. The summed E-state index contributed by atoms with van der Waals surface area (Å²) in [6.45, 7) is 0.742. The largest absolute Gasteiger partial charge is 0.486 e. The molecule has 0 aliphatic heterocycles. The van der Waals surface area contributed by atoms with Gasteiger partial charge in [-0.25, -0.2) is 8.78 Å². The van der Waals surface area contributed by atoms with Crippen LogP contribution in [0.5, 0.6) is 5.75 Å². The fraction of sp³-hybridized carbons (Fsp3) is 0.208. The molecule has 0 aliphatic rings. The van der Waals surface area contributed by atoms with Gasteiger partial charge in [0.1, 0.15) is 42.6 Å². The standard InChI is InChI=1S/C24H26F2N6O/c1-14(26)21-18(11-31-19-7-5-16(6-8-19)23(27)28)12-32-20(10-25)22(21)33-13-15-3-2-4-17(9-15)24(29)30/h2-9,12,14,31H,10-11,13H2,1H3,(H3,27,28)(H3,29,30). The van der Waals surface area contributed by atoms with Crippen LogP contribution in [0.2, 0.25) is 0 Å². The molecular weight excluding hydrogens is 426 g/mol. The van der Waals surface area contributed by atoms with Gasteiger partial charge in [0.25, 0.3) is 0 Å². The lowest BCUT2D eigenvalue weighted by atomic mass is 10.0. The van der Waals surface area contributed by atoms with Gasteiger partial charge in [0, 0.05) is 35.1 Å². The number of nitrogen functional groups attached to an aromatic ring is 2. The second-order valence-corrected chi connectivity index (χ2v) is 7.47. The van der Waals surface area contributed by atoms with E-state index < -0.39 is 12.8 Å². The third-order valence-corrected chi connectivity index (χ3v) is 5.05. The first kappa shape index (κ1) is 23.6. The summed E-state index contributed by atoms with van der Waals surface area (Å²) in [7, 11) is 0. The number of halogens is 2. The Hall–Kier alpha value is -4.01. The Morgan fingerprint density at radius 3 is 2.39 bits per heavy atom. The number of amidine groups is 2. The summed E-state index contributed by atoms with van der Waals surface area (Å²) >= 11 is 0. The summed E-state index contributed by atoms with van der Waals surface area (Å²) in [5, 5.41) is 18.2. The van der Waals surface area contributed by atoms with E-state index in [1.54, 1.807) is 48.5 Å². The molecule has 1 unspecified atom stereocenters. The van der Waals surface area contributed by atoms with Crippen LogP contribution < -0.4 is 21.5 Å². The summed E-state index contributed by atoms with van der Waals surface area (Å²) < 4.78 is 34.2. The minimum absolute atomic E-state index is 0.0202. The molecule has 172 valence electrons. The smallest absolute Gasteiger partial charge is 0.150 e. The molecule has 9 heteroatoms. The highest BCUT2D eigenvalue weighted by molar-refractivity contribution is 5.95. The van der Waals surface area contributed by atoms with Gasteiger partial charge in [0.15, 0.2) is 0 Å². The quantitative estimate of drug-likeness (QED) is 0.230. The zero-order chi connectivity index (χ0) is 24.0. The van der Waals surface area contributed by atoms with Crippen LogP contribution >= 0.6 is 0 Å². The number of hydrogen-bond donors (Lipinski definition) is 5. The number of benzene rings is 2. The van der Waals surface area contributed by atoms with Crippen molar-refractivity contribution in [2.45, 2.75) is 32.9 Å². The summed E-state index contributed by atoms with van der Waals surface area (Å²) in [6.07, 6.45) is 0.0225. The number of nitrogens with one attached hydrogen (secondary N) is 3. The van der Waals surface area contributed by atoms with E-state index in [-0.39, 0.29) is 41.8 Å². The van der Waals surface area contributed by atoms with E-state index in [1.807, 2.05) is 0 Å². The lowest BCUT2D eigenvalue weighted by molar-refractivity contribution is 0.277. The maximum absolute atomic E-state index is 14.7. The molecule has 3 rings (SSSR count). The van der Waals surface area contributed by atoms with Gasteiger partial charge in [0.2, 0.25) is 0 Å². The predicted molar refractivity (Wildman–Crippen MR) is 125 cm³/mol. The molecule has 0 spiro atoms. The van der Waals surface area contributed by atoms with E-state index in [1.165, 1.54) is 13.1 Å². The topological polar surface area (TPSA) is 134 Å². The van der Waals surface area contributed by atoms with Gasteiger partial charge in [-0.3, -0.25) is 15.8 Å². The Morgan fingerprint density at radius 1 is 1.09 bits per heavy atom. The lowest BCUT2D eigenvalue weighted by Gasteiger charge is -2.19. The fourth-order valence-corrected chi connectivity index (χ4v) is 3.37. The second kappa shape index (κ2) is 10.5. The first-order valence-electron chi connectivity index (χ1n) is 10.2. The van der Waals surface area contributed by atoms with Crippen LogP contribution in [-0.2, 0) is 19.8 Å². The maximum Gasteiger partial charge on any atom is 0.150 e.